The number of halogens is 1. The third-order valence-corrected chi connectivity index (χ3v) is 7.72. The van der Waals surface area contributed by atoms with Gasteiger partial charge in [0.05, 0.1) is 12.1 Å². The van der Waals surface area contributed by atoms with E-state index in [1.165, 1.54) is 12.1 Å². The van der Waals surface area contributed by atoms with Gasteiger partial charge in [0.25, 0.3) is 10.0 Å². The first-order valence-electron chi connectivity index (χ1n) is 11.2. The Hall–Kier alpha value is -3.73. The second-order valence-electron chi connectivity index (χ2n) is 8.70. The number of nitrogens with zero attached hydrogens (tertiary/aromatic N) is 1. The Morgan fingerprint density at radius 2 is 1.89 bits per heavy atom. The molecule has 1 aromatic heterocycles. The van der Waals surface area contributed by atoms with Crippen molar-refractivity contribution in [2.24, 2.45) is 4.40 Å². The Morgan fingerprint density at radius 1 is 1.11 bits per heavy atom. The SMILES string of the molecule is O=C(Cc1c[nH]c2ccccc12)NC1(C(=O)OCC2=NS(=O)(=O)c3c(F)cccc3N2)CCCC1. The van der Waals surface area contributed by atoms with Crippen LogP contribution in [0.4, 0.5) is 10.1 Å². The fraction of sp³-hybridized carbons (Fsp3) is 0.292. The molecule has 3 N–H and O–H groups in total. The molecule has 1 aliphatic carbocycles. The van der Waals surface area contributed by atoms with Gasteiger partial charge in [0.1, 0.15) is 22.9 Å². The number of sulfonamides is 1. The predicted molar refractivity (Wildman–Crippen MR) is 127 cm³/mol. The van der Waals surface area contributed by atoms with E-state index >= 15 is 0 Å². The fourth-order valence-electron chi connectivity index (χ4n) is 4.69. The van der Waals surface area contributed by atoms with E-state index in [9.17, 15) is 22.4 Å². The standard InChI is InChI=1S/C24H23FN4O5S/c25-17-7-5-9-19-22(17)35(32,33)29-20(27-19)14-34-23(31)24(10-3-4-11-24)28-21(30)12-15-13-26-18-8-2-1-6-16(15)18/h1-2,5-9,13,26H,3-4,10-12,14H2,(H,27,29)(H,28,30). The maximum atomic E-state index is 14.0. The summed E-state index contributed by atoms with van der Waals surface area (Å²) in [4.78, 5) is 28.6. The molecule has 35 heavy (non-hydrogen) atoms. The molecule has 2 heterocycles. The van der Waals surface area contributed by atoms with Crippen molar-refractivity contribution in [1.82, 2.24) is 10.3 Å². The van der Waals surface area contributed by atoms with Gasteiger partial charge in [-0.15, -0.1) is 4.40 Å². The van der Waals surface area contributed by atoms with Gasteiger partial charge in [0.15, 0.2) is 5.84 Å². The molecule has 1 saturated carbocycles. The Morgan fingerprint density at radius 3 is 2.69 bits per heavy atom. The molecule has 2 aliphatic rings. The minimum Gasteiger partial charge on any atom is -0.456 e. The van der Waals surface area contributed by atoms with E-state index < -0.39 is 38.9 Å². The molecule has 3 aromatic rings. The summed E-state index contributed by atoms with van der Waals surface area (Å²) < 4.78 is 47.7. The van der Waals surface area contributed by atoms with E-state index in [4.69, 9.17) is 4.74 Å². The Bertz CT molecular complexity index is 1460. The predicted octanol–water partition coefficient (Wildman–Crippen LogP) is 3.03. The number of para-hydroxylation sites is 1. The average Bonchev–Trinajstić information content (AvgIpc) is 3.45. The van der Waals surface area contributed by atoms with Gasteiger partial charge >= 0.3 is 5.97 Å². The molecule has 0 radical (unpaired) electrons. The lowest BCUT2D eigenvalue weighted by molar-refractivity contribution is -0.152. The van der Waals surface area contributed by atoms with E-state index in [-0.39, 0.29) is 23.9 Å². The van der Waals surface area contributed by atoms with Crippen molar-refractivity contribution >= 4 is 44.3 Å². The maximum Gasteiger partial charge on any atom is 0.332 e. The number of amidine groups is 1. The van der Waals surface area contributed by atoms with E-state index in [1.807, 2.05) is 24.3 Å². The molecule has 1 amide bonds. The number of fused-ring (bicyclic) bond motifs is 2. The number of aromatic amines is 1. The molecule has 9 nitrogen and oxygen atoms in total. The first-order valence-corrected chi connectivity index (χ1v) is 12.6. The molecular weight excluding hydrogens is 475 g/mol. The minimum absolute atomic E-state index is 0.0219. The van der Waals surface area contributed by atoms with Crippen LogP contribution in [0.1, 0.15) is 31.2 Å². The zero-order valence-corrected chi connectivity index (χ0v) is 19.5. The highest BCUT2D eigenvalue weighted by Gasteiger charge is 2.44. The van der Waals surface area contributed by atoms with Gasteiger partial charge in [0.2, 0.25) is 5.91 Å². The molecule has 0 unspecified atom stereocenters. The van der Waals surface area contributed by atoms with Crippen LogP contribution in [-0.2, 0) is 30.8 Å². The molecular formula is C24H23FN4O5S. The van der Waals surface area contributed by atoms with Gasteiger partial charge in [-0.1, -0.05) is 37.1 Å². The van der Waals surface area contributed by atoms with Crippen LogP contribution in [0, 0.1) is 5.82 Å². The quantitative estimate of drug-likeness (QED) is 0.448. The number of benzene rings is 2. The number of ether oxygens (including phenoxy) is 1. The number of rotatable bonds is 6. The highest BCUT2D eigenvalue weighted by atomic mass is 32.2. The van der Waals surface area contributed by atoms with Crippen LogP contribution >= 0.6 is 0 Å². The molecule has 0 saturated heterocycles. The van der Waals surface area contributed by atoms with E-state index in [0.717, 1.165) is 35.4 Å². The first kappa shape index (κ1) is 23.0. The first-order chi connectivity index (χ1) is 16.8. The van der Waals surface area contributed by atoms with E-state index in [1.54, 1.807) is 6.20 Å². The largest absolute Gasteiger partial charge is 0.456 e. The summed E-state index contributed by atoms with van der Waals surface area (Å²) in [6.45, 7) is -0.464. The van der Waals surface area contributed by atoms with Crippen LogP contribution < -0.4 is 10.6 Å². The van der Waals surface area contributed by atoms with Gasteiger partial charge in [-0.25, -0.2) is 9.18 Å². The molecule has 182 valence electrons. The molecule has 0 spiro atoms. The van der Waals surface area contributed by atoms with Crippen LogP contribution in [0.5, 0.6) is 0 Å². The van der Waals surface area contributed by atoms with Crippen molar-refractivity contribution in [3.05, 3.63) is 60.0 Å². The van der Waals surface area contributed by atoms with Crippen LogP contribution in [0.25, 0.3) is 10.9 Å². The summed E-state index contributed by atoms with van der Waals surface area (Å²) in [5, 5.41) is 6.50. The third kappa shape index (κ3) is 4.39. The lowest BCUT2D eigenvalue weighted by Crippen LogP contribution is -2.54. The molecule has 5 rings (SSSR count). The average molecular weight is 499 g/mol. The molecule has 1 fully saturated rings. The van der Waals surface area contributed by atoms with Crippen LogP contribution in [0.3, 0.4) is 0 Å². The Labute approximate surface area is 200 Å². The number of carbonyl (C=O) groups excluding carboxylic acids is 2. The van der Waals surface area contributed by atoms with Crippen molar-refractivity contribution in [3.63, 3.8) is 0 Å². The third-order valence-electron chi connectivity index (χ3n) is 6.33. The minimum atomic E-state index is -4.28. The normalized spacial score (nSPS) is 17.8. The number of hydrogen-bond donors (Lipinski definition) is 3. The van der Waals surface area contributed by atoms with Gasteiger partial charge in [-0.3, -0.25) is 4.79 Å². The summed E-state index contributed by atoms with van der Waals surface area (Å²) in [6.07, 6.45) is 4.17. The zero-order valence-electron chi connectivity index (χ0n) is 18.6. The molecule has 1 aliphatic heterocycles. The fourth-order valence-corrected chi connectivity index (χ4v) is 5.88. The Balaban J connectivity index is 1.28. The van der Waals surface area contributed by atoms with Gasteiger partial charge in [0, 0.05) is 17.1 Å². The smallest absolute Gasteiger partial charge is 0.332 e. The molecule has 0 bridgehead atoms. The van der Waals surface area contributed by atoms with Crippen LogP contribution in [-0.4, -0.2) is 43.3 Å². The second kappa shape index (κ2) is 8.81. The summed E-state index contributed by atoms with van der Waals surface area (Å²) >= 11 is 0. The summed E-state index contributed by atoms with van der Waals surface area (Å²) in [6, 6.07) is 11.4. The number of amides is 1. The van der Waals surface area contributed by atoms with Crippen molar-refractivity contribution < 1.29 is 27.1 Å². The van der Waals surface area contributed by atoms with Crippen molar-refractivity contribution in [2.45, 2.75) is 42.5 Å². The zero-order chi connectivity index (χ0) is 24.6. The highest BCUT2D eigenvalue weighted by molar-refractivity contribution is 7.90. The Kier molecular flexibility index (Phi) is 5.79. The van der Waals surface area contributed by atoms with Crippen molar-refractivity contribution in [1.29, 1.82) is 0 Å². The topological polar surface area (TPSA) is 130 Å². The second-order valence-corrected chi connectivity index (χ2v) is 10.2. The number of anilines is 1. The summed E-state index contributed by atoms with van der Waals surface area (Å²) in [5.41, 5.74) is 0.564. The summed E-state index contributed by atoms with van der Waals surface area (Å²) in [7, 11) is -4.28. The van der Waals surface area contributed by atoms with E-state index in [2.05, 4.69) is 20.0 Å². The molecule has 11 heteroatoms. The number of H-pyrrole nitrogens is 1. The number of carbonyl (C=O) groups is 2. The van der Waals surface area contributed by atoms with Gasteiger partial charge < -0.3 is 20.4 Å². The maximum absolute atomic E-state index is 14.0. The van der Waals surface area contributed by atoms with Crippen molar-refractivity contribution in [2.75, 3.05) is 11.9 Å². The van der Waals surface area contributed by atoms with E-state index in [0.29, 0.717) is 12.8 Å². The molecule has 0 atom stereocenters. The van der Waals surface area contributed by atoms with Gasteiger partial charge in [-0.05, 0) is 36.6 Å². The van der Waals surface area contributed by atoms with Crippen LogP contribution in [0.15, 0.2) is 58.0 Å². The molecule has 2 aromatic carbocycles. The lowest BCUT2D eigenvalue weighted by Gasteiger charge is -2.28. The monoisotopic (exact) mass is 498 g/mol. The number of esters is 1. The van der Waals surface area contributed by atoms with Crippen LogP contribution in [0.2, 0.25) is 0 Å². The van der Waals surface area contributed by atoms with Crippen molar-refractivity contribution in [3.8, 4) is 0 Å². The number of nitrogens with one attached hydrogen (secondary N) is 3. The highest BCUT2D eigenvalue weighted by Crippen LogP contribution is 2.32. The number of aromatic nitrogens is 1. The number of hydrogen-bond acceptors (Lipinski definition) is 6. The summed E-state index contributed by atoms with van der Waals surface area (Å²) in [5.74, 6) is -2.03. The van der Waals surface area contributed by atoms with Gasteiger partial charge in [-0.2, -0.15) is 8.42 Å². The lowest BCUT2D eigenvalue weighted by atomic mass is 9.97.